The summed E-state index contributed by atoms with van der Waals surface area (Å²) in [6.07, 6.45) is 3.60. The van der Waals surface area contributed by atoms with E-state index < -0.39 is 0 Å². The average molecular weight is 392 g/mol. The molecule has 7 nitrogen and oxygen atoms in total. The zero-order valence-corrected chi connectivity index (χ0v) is 16.5. The Morgan fingerprint density at radius 2 is 2.00 bits per heavy atom. The van der Waals surface area contributed by atoms with Gasteiger partial charge in [0, 0.05) is 5.56 Å². The predicted octanol–water partition coefficient (Wildman–Crippen LogP) is 4.03. The van der Waals surface area contributed by atoms with E-state index in [4.69, 9.17) is 9.47 Å². The maximum absolute atomic E-state index is 12.3. The lowest BCUT2D eigenvalue weighted by molar-refractivity contribution is 0.0950. The summed E-state index contributed by atoms with van der Waals surface area (Å²) in [5.74, 6) is 1.13. The number of unbranched alkanes of at least 4 members (excludes halogenated alkanes) is 1. The summed E-state index contributed by atoms with van der Waals surface area (Å²) < 4.78 is 11.0. The zero-order chi connectivity index (χ0) is 20.5. The number of benzene rings is 2. The minimum absolute atomic E-state index is 0.315. The Bertz CT molecular complexity index is 964. The fourth-order valence-electron chi connectivity index (χ4n) is 2.62. The molecule has 7 heteroatoms. The Balaban J connectivity index is 1.65. The molecule has 0 aliphatic heterocycles. The van der Waals surface area contributed by atoms with Crippen molar-refractivity contribution >= 4 is 12.1 Å². The number of ether oxygens (including phenoxy) is 2. The standard InChI is InChI=1S/C22H24N4O3/c1-3-4-13-29-21-8-6-5-7-18(21)19-14-20(25-24-19)22(27)26-23-15-16-9-11-17(28-2)12-10-16/h5-12,14-15H,3-4,13H2,1-2H3,(H,24,25)(H,26,27). The molecule has 0 saturated heterocycles. The third-order valence-electron chi connectivity index (χ3n) is 4.24. The van der Waals surface area contributed by atoms with E-state index >= 15 is 0 Å². The average Bonchev–Trinajstić information content (AvgIpc) is 3.25. The number of amides is 1. The van der Waals surface area contributed by atoms with E-state index in [2.05, 4.69) is 27.6 Å². The van der Waals surface area contributed by atoms with Crippen molar-refractivity contribution < 1.29 is 14.3 Å². The van der Waals surface area contributed by atoms with Crippen molar-refractivity contribution in [1.82, 2.24) is 15.6 Å². The first kappa shape index (κ1) is 20.1. The van der Waals surface area contributed by atoms with Crippen LogP contribution in [0, 0.1) is 0 Å². The molecule has 0 unspecified atom stereocenters. The molecule has 0 atom stereocenters. The van der Waals surface area contributed by atoms with E-state index in [0.29, 0.717) is 18.0 Å². The topological polar surface area (TPSA) is 88.6 Å². The van der Waals surface area contributed by atoms with Gasteiger partial charge >= 0.3 is 0 Å². The van der Waals surface area contributed by atoms with Crippen molar-refractivity contribution in [2.75, 3.05) is 13.7 Å². The molecule has 150 valence electrons. The third-order valence-corrected chi connectivity index (χ3v) is 4.24. The second-order valence-corrected chi connectivity index (χ2v) is 6.34. The molecular formula is C22H24N4O3. The minimum atomic E-state index is -0.377. The van der Waals surface area contributed by atoms with E-state index in [0.717, 1.165) is 35.5 Å². The summed E-state index contributed by atoms with van der Waals surface area (Å²) in [5.41, 5.74) is 5.13. The van der Waals surface area contributed by atoms with Crippen molar-refractivity contribution in [1.29, 1.82) is 0 Å². The fourth-order valence-corrected chi connectivity index (χ4v) is 2.62. The lowest BCUT2D eigenvalue weighted by Crippen LogP contribution is -2.17. The maximum Gasteiger partial charge on any atom is 0.289 e. The van der Waals surface area contributed by atoms with Crippen molar-refractivity contribution in [2.24, 2.45) is 5.10 Å². The second-order valence-electron chi connectivity index (χ2n) is 6.34. The molecule has 2 N–H and O–H groups in total. The summed E-state index contributed by atoms with van der Waals surface area (Å²) in [4.78, 5) is 12.3. The second kappa shape index (κ2) is 10.1. The molecule has 0 spiro atoms. The van der Waals surface area contributed by atoms with Gasteiger partial charge in [0.1, 0.15) is 17.2 Å². The molecule has 0 radical (unpaired) electrons. The number of nitrogens with one attached hydrogen (secondary N) is 2. The van der Waals surface area contributed by atoms with Crippen molar-refractivity contribution in [3.63, 3.8) is 0 Å². The van der Waals surface area contributed by atoms with Gasteiger partial charge in [-0.05, 0) is 54.4 Å². The number of carbonyl (C=O) groups excluding carboxylic acids is 1. The number of nitrogens with zero attached hydrogens (tertiary/aromatic N) is 2. The molecule has 1 amide bonds. The number of hydrazone groups is 1. The van der Waals surface area contributed by atoms with Gasteiger partial charge in [-0.1, -0.05) is 25.5 Å². The Hall–Kier alpha value is -3.61. The molecule has 29 heavy (non-hydrogen) atoms. The minimum Gasteiger partial charge on any atom is -0.497 e. The van der Waals surface area contributed by atoms with Gasteiger partial charge in [0.05, 0.1) is 25.6 Å². The first-order chi connectivity index (χ1) is 14.2. The molecule has 0 fully saturated rings. The van der Waals surface area contributed by atoms with Crippen LogP contribution in [0.25, 0.3) is 11.3 Å². The molecule has 2 aromatic carbocycles. The summed E-state index contributed by atoms with van der Waals surface area (Å²) in [6.45, 7) is 2.76. The molecule has 3 aromatic rings. The largest absolute Gasteiger partial charge is 0.497 e. The van der Waals surface area contributed by atoms with Crippen molar-refractivity contribution in [3.05, 3.63) is 65.9 Å². The van der Waals surface area contributed by atoms with Crippen LogP contribution >= 0.6 is 0 Å². The van der Waals surface area contributed by atoms with Crippen LogP contribution in [0.2, 0.25) is 0 Å². The summed E-state index contributed by atoms with van der Waals surface area (Å²) >= 11 is 0. The monoisotopic (exact) mass is 392 g/mol. The van der Waals surface area contributed by atoms with E-state index in [1.807, 2.05) is 48.5 Å². The smallest absolute Gasteiger partial charge is 0.289 e. The van der Waals surface area contributed by atoms with Gasteiger partial charge in [0.2, 0.25) is 0 Å². The number of aromatic amines is 1. The number of hydrogen-bond acceptors (Lipinski definition) is 5. The highest BCUT2D eigenvalue weighted by Crippen LogP contribution is 2.28. The molecule has 1 aromatic heterocycles. The van der Waals surface area contributed by atoms with Gasteiger partial charge in [0.15, 0.2) is 0 Å². The molecule has 0 saturated carbocycles. The number of carbonyl (C=O) groups is 1. The summed E-state index contributed by atoms with van der Waals surface area (Å²) in [5, 5.41) is 11.0. The van der Waals surface area contributed by atoms with Crippen LogP contribution in [0.5, 0.6) is 11.5 Å². The van der Waals surface area contributed by atoms with Crippen LogP contribution in [0.1, 0.15) is 35.8 Å². The van der Waals surface area contributed by atoms with Crippen LogP contribution in [-0.2, 0) is 0 Å². The van der Waals surface area contributed by atoms with Gasteiger partial charge in [0.25, 0.3) is 5.91 Å². The van der Waals surface area contributed by atoms with Gasteiger partial charge in [-0.2, -0.15) is 10.2 Å². The van der Waals surface area contributed by atoms with Crippen molar-refractivity contribution in [3.8, 4) is 22.8 Å². The number of hydrogen-bond donors (Lipinski definition) is 2. The molecule has 0 aliphatic carbocycles. The van der Waals surface area contributed by atoms with Crippen LogP contribution in [0.15, 0.2) is 59.7 Å². The molecular weight excluding hydrogens is 368 g/mol. The molecule has 0 bridgehead atoms. The maximum atomic E-state index is 12.3. The quantitative estimate of drug-likeness (QED) is 0.327. The van der Waals surface area contributed by atoms with E-state index in [9.17, 15) is 4.79 Å². The first-order valence-electron chi connectivity index (χ1n) is 9.46. The van der Waals surface area contributed by atoms with Gasteiger partial charge < -0.3 is 9.47 Å². The number of rotatable bonds is 9. The Morgan fingerprint density at radius 3 is 2.76 bits per heavy atom. The highest BCUT2D eigenvalue weighted by Gasteiger charge is 2.13. The van der Waals surface area contributed by atoms with E-state index in [1.54, 1.807) is 19.4 Å². The number of methoxy groups -OCH3 is 1. The number of H-pyrrole nitrogens is 1. The van der Waals surface area contributed by atoms with Crippen molar-refractivity contribution in [2.45, 2.75) is 19.8 Å². The first-order valence-corrected chi connectivity index (χ1v) is 9.46. The number of para-hydroxylation sites is 1. The Morgan fingerprint density at radius 1 is 1.21 bits per heavy atom. The molecule has 3 rings (SSSR count). The Kier molecular flexibility index (Phi) is 7.00. The highest BCUT2D eigenvalue weighted by molar-refractivity contribution is 5.94. The van der Waals surface area contributed by atoms with Gasteiger partial charge in [-0.3, -0.25) is 9.89 Å². The van der Waals surface area contributed by atoms with Gasteiger partial charge in [-0.25, -0.2) is 5.43 Å². The SMILES string of the molecule is CCCCOc1ccccc1-c1cc(C(=O)NN=Cc2ccc(OC)cc2)[nH]n1. The lowest BCUT2D eigenvalue weighted by Gasteiger charge is -2.09. The Labute approximate surface area is 169 Å². The van der Waals surface area contributed by atoms with Crippen LogP contribution in [0.4, 0.5) is 0 Å². The van der Waals surface area contributed by atoms with Crippen LogP contribution in [-0.4, -0.2) is 36.0 Å². The predicted molar refractivity (Wildman–Crippen MR) is 112 cm³/mol. The fraction of sp³-hybridized carbons (Fsp3) is 0.227. The lowest BCUT2D eigenvalue weighted by atomic mass is 10.1. The highest BCUT2D eigenvalue weighted by atomic mass is 16.5. The molecule has 0 aliphatic rings. The third kappa shape index (κ3) is 5.44. The van der Waals surface area contributed by atoms with Crippen LogP contribution in [0.3, 0.4) is 0 Å². The normalized spacial score (nSPS) is 10.8. The summed E-state index contributed by atoms with van der Waals surface area (Å²) in [6, 6.07) is 16.7. The van der Waals surface area contributed by atoms with E-state index in [-0.39, 0.29) is 5.91 Å². The number of aromatic nitrogens is 2. The van der Waals surface area contributed by atoms with E-state index in [1.165, 1.54) is 0 Å². The molecule has 1 heterocycles. The van der Waals surface area contributed by atoms with Gasteiger partial charge in [-0.15, -0.1) is 0 Å². The van der Waals surface area contributed by atoms with Crippen LogP contribution < -0.4 is 14.9 Å². The zero-order valence-electron chi connectivity index (χ0n) is 16.5. The summed E-state index contributed by atoms with van der Waals surface area (Å²) in [7, 11) is 1.61.